The minimum absolute atomic E-state index is 0.211. The molecule has 1 saturated heterocycles. The molecule has 0 bridgehead atoms. The average molecular weight is 326 g/mol. The van der Waals surface area contributed by atoms with Crippen LogP contribution in [0, 0.1) is 0 Å². The van der Waals surface area contributed by atoms with Gasteiger partial charge in [-0.25, -0.2) is 4.79 Å². The van der Waals surface area contributed by atoms with Crippen LogP contribution in [0.2, 0.25) is 0 Å². The molecule has 0 aliphatic carbocycles. The lowest BCUT2D eigenvalue weighted by Gasteiger charge is -2.41. The number of likely N-dealkylation sites (tertiary alicyclic amines) is 1. The molecule has 1 N–H and O–H groups in total. The molecular formula is C14H16BrNO3. The third-order valence-corrected chi connectivity index (χ3v) is 4.22. The summed E-state index contributed by atoms with van der Waals surface area (Å²) in [4.78, 5) is 25.4. The van der Waals surface area contributed by atoms with Gasteiger partial charge in [0, 0.05) is 16.6 Å². The van der Waals surface area contributed by atoms with Crippen molar-refractivity contribution in [3.05, 3.63) is 34.3 Å². The highest BCUT2D eigenvalue weighted by atomic mass is 79.9. The normalized spacial score (nSPS) is 23.2. The SMILES string of the molecule is CC1(C(=O)O)CCCCN1C(=O)c1ccc(Br)cc1. The van der Waals surface area contributed by atoms with E-state index in [0.29, 0.717) is 18.5 Å². The number of carbonyl (C=O) groups is 2. The van der Waals surface area contributed by atoms with Crippen molar-refractivity contribution in [3.8, 4) is 0 Å². The summed E-state index contributed by atoms with van der Waals surface area (Å²) in [6.07, 6.45) is 2.20. The van der Waals surface area contributed by atoms with Gasteiger partial charge in [0.15, 0.2) is 0 Å². The lowest BCUT2D eigenvalue weighted by Crippen LogP contribution is -2.57. The predicted octanol–water partition coefficient (Wildman–Crippen LogP) is 2.92. The number of piperidine rings is 1. The number of carboxylic acid groups (broad SMARTS) is 1. The number of amides is 1. The highest BCUT2D eigenvalue weighted by molar-refractivity contribution is 9.10. The fourth-order valence-corrected chi connectivity index (χ4v) is 2.68. The second-order valence-electron chi connectivity index (χ2n) is 5.00. The Kier molecular flexibility index (Phi) is 3.94. The first-order chi connectivity index (χ1) is 8.95. The Morgan fingerprint density at radius 3 is 2.47 bits per heavy atom. The van der Waals surface area contributed by atoms with Crippen molar-refractivity contribution >= 4 is 27.8 Å². The number of rotatable bonds is 2. The molecule has 0 saturated carbocycles. The predicted molar refractivity (Wildman–Crippen MR) is 75.1 cm³/mol. The smallest absolute Gasteiger partial charge is 0.329 e. The van der Waals surface area contributed by atoms with Crippen LogP contribution in [0.3, 0.4) is 0 Å². The molecule has 1 fully saturated rings. The molecule has 102 valence electrons. The second-order valence-corrected chi connectivity index (χ2v) is 5.92. The molecule has 1 aromatic carbocycles. The number of halogens is 1. The molecule has 2 rings (SSSR count). The molecule has 1 unspecified atom stereocenters. The van der Waals surface area contributed by atoms with E-state index in [1.807, 2.05) is 0 Å². The summed E-state index contributed by atoms with van der Waals surface area (Å²) < 4.78 is 0.892. The van der Waals surface area contributed by atoms with Crippen LogP contribution >= 0.6 is 15.9 Å². The zero-order chi connectivity index (χ0) is 14.0. The topological polar surface area (TPSA) is 57.6 Å². The Hall–Kier alpha value is -1.36. The maximum absolute atomic E-state index is 12.5. The van der Waals surface area contributed by atoms with Gasteiger partial charge in [0.05, 0.1) is 0 Å². The minimum atomic E-state index is -1.09. The maximum atomic E-state index is 12.5. The van der Waals surface area contributed by atoms with E-state index in [-0.39, 0.29) is 5.91 Å². The number of hydrogen-bond donors (Lipinski definition) is 1. The molecule has 0 spiro atoms. The first-order valence-corrected chi connectivity index (χ1v) is 7.05. The van der Waals surface area contributed by atoms with Crippen LogP contribution in [0.4, 0.5) is 0 Å². The van der Waals surface area contributed by atoms with Gasteiger partial charge in [0.1, 0.15) is 5.54 Å². The van der Waals surface area contributed by atoms with Crippen molar-refractivity contribution in [2.45, 2.75) is 31.7 Å². The van der Waals surface area contributed by atoms with Gasteiger partial charge < -0.3 is 10.0 Å². The number of benzene rings is 1. The highest BCUT2D eigenvalue weighted by Gasteiger charge is 2.44. The lowest BCUT2D eigenvalue weighted by molar-refractivity contribution is -0.150. The number of aliphatic carboxylic acids is 1. The van der Waals surface area contributed by atoms with E-state index in [4.69, 9.17) is 0 Å². The Labute approximate surface area is 120 Å². The summed E-state index contributed by atoms with van der Waals surface area (Å²) in [5.41, 5.74) is -0.569. The van der Waals surface area contributed by atoms with Crippen molar-refractivity contribution in [2.75, 3.05) is 6.54 Å². The number of carboxylic acids is 1. The van der Waals surface area contributed by atoms with E-state index < -0.39 is 11.5 Å². The van der Waals surface area contributed by atoms with E-state index in [9.17, 15) is 14.7 Å². The first-order valence-electron chi connectivity index (χ1n) is 6.26. The fraction of sp³-hybridized carbons (Fsp3) is 0.429. The molecule has 1 atom stereocenters. The molecule has 1 aromatic rings. The molecule has 1 amide bonds. The van der Waals surface area contributed by atoms with Crippen LogP contribution in [0.15, 0.2) is 28.7 Å². The van der Waals surface area contributed by atoms with E-state index in [1.165, 1.54) is 4.90 Å². The molecule has 19 heavy (non-hydrogen) atoms. The van der Waals surface area contributed by atoms with Gasteiger partial charge in [0.25, 0.3) is 5.91 Å². The summed E-state index contributed by atoms with van der Waals surface area (Å²) in [5, 5.41) is 9.41. The van der Waals surface area contributed by atoms with Gasteiger partial charge in [-0.05, 0) is 50.5 Å². The number of nitrogens with zero attached hydrogens (tertiary/aromatic N) is 1. The molecule has 0 aromatic heterocycles. The summed E-state index contributed by atoms with van der Waals surface area (Å²) >= 11 is 3.32. The number of carbonyl (C=O) groups excluding carboxylic acids is 1. The van der Waals surface area contributed by atoms with Crippen LogP contribution < -0.4 is 0 Å². The maximum Gasteiger partial charge on any atom is 0.329 e. The van der Waals surface area contributed by atoms with Crippen molar-refractivity contribution in [3.63, 3.8) is 0 Å². The van der Waals surface area contributed by atoms with Crippen molar-refractivity contribution in [2.24, 2.45) is 0 Å². The van der Waals surface area contributed by atoms with Crippen LogP contribution in [-0.2, 0) is 4.79 Å². The van der Waals surface area contributed by atoms with Crippen molar-refractivity contribution < 1.29 is 14.7 Å². The largest absolute Gasteiger partial charge is 0.480 e. The van der Waals surface area contributed by atoms with E-state index in [2.05, 4.69) is 15.9 Å². The Morgan fingerprint density at radius 2 is 1.89 bits per heavy atom. The Morgan fingerprint density at radius 1 is 1.26 bits per heavy atom. The van der Waals surface area contributed by atoms with Crippen LogP contribution in [0.25, 0.3) is 0 Å². The van der Waals surface area contributed by atoms with Gasteiger partial charge >= 0.3 is 5.97 Å². The Bertz CT molecular complexity index is 500. The quantitative estimate of drug-likeness (QED) is 0.909. The molecule has 4 nitrogen and oxygen atoms in total. The van der Waals surface area contributed by atoms with E-state index in [1.54, 1.807) is 31.2 Å². The van der Waals surface area contributed by atoms with Gasteiger partial charge in [-0.2, -0.15) is 0 Å². The standard InChI is InChI=1S/C14H16BrNO3/c1-14(13(18)19)8-2-3-9-16(14)12(17)10-4-6-11(15)7-5-10/h4-7H,2-3,8-9H2,1H3,(H,18,19). The molecule has 0 radical (unpaired) electrons. The summed E-state index contributed by atoms with van der Waals surface area (Å²) in [7, 11) is 0. The van der Waals surface area contributed by atoms with Crippen LogP contribution in [0.5, 0.6) is 0 Å². The minimum Gasteiger partial charge on any atom is -0.480 e. The summed E-state index contributed by atoms with van der Waals surface area (Å²) in [6, 6.07) is 7.00. The number of hydrogen-bond acceptors (Lipinski definition) is 2. The zero-order valence-corrected chi connectivity index (χ0v) is 12.3. The van der Waals surface area contributed by atoms with E-state index >= 15 is 0 Å². The summed E-state index contributed by atoms with van der Waals surface area (Å²) in [6.45, 7) is 2.13. The molecule has 5 heteroatoms. The first kappa shape index (κ1) is 14.1. The monoisotopic (exact) mass is 325 g/mol. The average Bonchev–Trinajstić information content (AvgIpc) is 2.39. The fourth-order valence-electron chi connectivity index (χ4n) is 2.42. The highest BCUT2D eigenvalue weighted by Crippen LogP contribution is 2.30. The molecule has 1 aliphatic heterocycles. The summed E-state index contributed by atoms with van der Waals surface area (Å²) in [5.74, 6) is -1.14. The molecule has 1 aliphatic rings. The third-order valence-electron chi connectivity index (χ3n) is 3.69. The van der Waals surface area contributed by atoms with Gasteiger partial charge in [0.2, 0.25) is 0 Å². The van der Waals surface area contributed by atoms with E-state index in [0.717, 1.165) is 17.3 Å². The molecule has 1 heterocycles. The van der Waals surface area contributed by atoms with Gasteiger partial charge in [-0.15, -0.1) is 0 Å². The van der Waals surface area contributed by atoms with Crippen LogP contribution in [-0.4, -0.2) is 34.0 Å². The lowest BCUT2D eigenvalue weighted by atomic mass is 9.88. The zero-order valence-electron chi connectivity index (χ0n) is 10.7. The Balaban J connectivity index is 2.30. The van der Waals surface area contributed by atoms with Gasteiger partial charge in [-0.3, -0.25) is 4.79 Å². The van der Waals surface area contributed by atoms with Crippen LogP contribution in [0.1, 0.15) is 36.5 Å². The van der Waals surface area contributed by atoms with Crippen molar-refractivity contribution in [1.29, 1.82) is 0 Å². The third kappa shape index (κ3) is 2.66. The van der Waals surface area contributed by atoms with Crippen molar-refractivity contribution in [1.82, 2.24) is 4.90 Å². The second kappa shape index (κ2) is 5.33. The van der Waals surface area contributed by atoms with Gasteiger partial charge in [-0.1, -0.05) is 15.9 Å². The molecular weight excluding hydrogens is 310 g/mol.